The summed E-state index contributed by atoms with van der Waals surface area (Å²) < 4.78 is 41.3. The molecule has 1 heterocycles. The number of anilines is 1. The second-order valence-electron chi connectivity index (χ2n) is 4.01. The zero-order valence-corrected chi connectivity index (χ0v) is 11.3. The Kier molecular flexibility index (Phi) is 3.90. The molecule has 1 aromatic heterocycles. The topological polar surface area (TPSA) is 78.7 Å². The minimum Gasteiger partial charge on any atom is -0.320 e. The summed E-state index contributed by atoms with van der Waals surface area (Å²) in [7, 11) is 0. The number of alkyl halides is 3. The van der Waals surface area contributed by atoms with Gasteiger partial charge in [0.2, 0.25) is 0 Å². The summed E-state index contributed by atoms with van der Waals surface area (Å²) in [5.74, 6) is -0.571. The molecular formula is C12H7F3N4OS. The second-order valence-corrected chi connectivity index (χ2v) is 4.77. The third kappa shape index (κ3) is 3.17. The highest BCUT2D eigenvalue weighted by atomic mass is 32.1. The van der Waals surface area contributed by atoms with Crippen LogP contribution in [-0.4, -0.2) is 15.5 Å². The molecule has 0 saturated carbocycles. The monoisotopic (exact) mass is 312 g/mol. The van der Waals surface area contributed by atoms with Gasteiger partial charge in [0.05, 0.1) is 22.5 Å². The average molecular weight is 312 g/mol. The summed E-state index contributed by atoms with van der Waals surface area (Å²) in [6.07, 6.45) is -4.55. The van der Waals surface area contributed by atoms with Gasteiger partial charge < -0.3 is 5.32 Å². The molecule has 1 amide bonds. The lowest BCUT2D eigenvalue weighted by molar-refractivity contribution is -0.137. The van der Waals surface area contributed by atoms with Crippen molar-refractivity contribution in [1.82, 2.24) is 9.59 Å². The number of rotatable bonds is 2. The number of aromatic nitrogens is 2. The van der Waals surface area contributed by atoms with Gasteiger partial charge in [0, 0.05) is 0 Å². The molecule has 1 N–H and O–H groups in total. The highest BCUT2D eigenvalue weighted by Crippen LogP contribution is 2.31. The fourth-order valence-electron chi connectivity index (χ4n) is 1.54. The number of nitrogens with zero attached hydrogens (tertiary/aromatic N) is 3. The van der Waals surface area contributed by atoms with Crippen LogP contribution in [0.1, 0.15) is 26.5 Å². The van der Waals surface area contributed by atoms with E-state index in [0.717, 1.165) is 23.7 Å². The standard InChI is InChI=1S/C12H7F3N4OS/c1-6-10(21-19-18-6)11(20)17-9-3-2-8(12(13,14)15)4-7(9)5-16/h2-4H,1H3,(H,17,20). The number of aryl methyl sites for hydroxylation is 1. The number of amides is 1. The number of hydrogen-bond donors (Lipinski definition) is 1. The van der Waals surface area contributed by atoms with Crippen molar-refractivity contribution in [1.29, 1.82) is 5.26 Å². The van der Waals surface area contributed by atoms with E-state index >= 15 is 0 Å². The van der Waals surface area contributed by atoms with Crippen LogP contribution in [-0.2, 0) is 6.18 Å². The van der Waals surface area contributed by atoms with E-state index < -0.39 is 17.6 Å². The van der Waals surface area contributed by atoms with Crippen molar-refractivity contribution in [3.8, 4) is 6.07 Å². The van der Waals surface area contributed by atoms with Crippen LogP contribution in [0.15, 0.2) is 18.2 Å². The van der Waals surface area contributed by atoms with E-state index in [1.807, 2.05) is 0 Å². The summed E-state index contributed by atoms with van der Waals surface area (Å²) >= 11 is 0.862. The molecule has 108 valence electrons. The fourth-order valence-corrected chi connectivity index (χ4v) is 2.09. The molecule has 5 nitrogen and oxygen atoms in total. The van der Waals surface area contributed by atoms with Gasteiger partial charge in [0.15, 0.2) is 0 Å². The zero-order chi connectivity index (χ0) is 15.6. The summed E-state index contributed by atoms with van der Waals surface area (Å²) in [6.45, 7) is 1.58. The fraction of sp³-hybridized carbons (Fsp3) is 0.167. The summed E-state index contributed by atoms with van der Waals surface area (Å²) in [5, 5.41) is 15.0. The third-order valence-electron chi connectivity index (χ3n) is 2.57. The van der Waals surface area contributed by atoms with Gasteiger partial charge in [0.1, 0.15) is 10.9 Å². The van der Waals surface area contributed by atoms with Crippen LogP contribution in [0.2, 0.25) is 0 Å². The Bertz CT molecular complexity index is 733. The largest absolute Gasteiger partial charge is 0.416 e. The molecule has 0 radical (unpaired) electrons. The molecule has 1 aromatic carbocycles. The third-order valence-corrected chi connectivity index (χ3v) is 3.40. The van der Waals surface area contributed by atoms with Crippen molar-refractivity contribution in [2.45, 2.75) is 13.1 Å². The van der Waals surface area contributed by atoms with Crippen molar-refractivity contribution < 1.29 is 18.0 Å². The maximum Gasteiger partial charge on any atom is 0.416 e. The van der Waals surface area contributed by atoms with E-state index in [1.54, 1.807) is 13.0 Å². The number of nitriles is 1. The summed E-state index contributed by atoms with van der Waals surface area (Å²) in [5.41, 5.74) is -0.813. The molecule has 0 aliphatic heterocycles. The zero-order valence-electron chi connectivity index (χ0n) is 10.5. The van der Waals surface area contributed by atoms with Gasteiger partial charge in [-0.2, -0.15) is 18.4 Å². The Morgan fingerprint density at radius 1 is 1.43 bits per heavy atom. The highest BCUT2D eigenvalue weighted by Gasteiger charge is 2.31. The van der Waals surface area contributed by atoms with Gasteiger partial charge in [-0.05, 0) is 36.7 Å². The molecule has 2 aromatic rings. The summed E-state index contributed by atoms with van der Waals surface area (Å²) in [4.78, 5) is 12.2. The lowest BCUT2D eigenvalue weighted by atomic mass is 10.1. The number of carbonyl (C=O) groups excluding carboxylic acids is 1. The first-order chi connectivity index (χ1) is 9.82. The van der Waals surface area contributed by atoms with Gasteiger partial charge in [-0.3, -0.25) is 4.79 Å². The number of benzene rings is 1. The van der Waals surface area contributed by atoms with Crippen molar-refractivity contribution in [3.63, 3.8) is 0 Å². The average Bonchev–Trinajstić information content (AvgIpc) is 2.84. The predicted octanol–water partition coefficient (Wildman–Crippen LogP) is 2.99. The molecule has 0 bridgehead atoms. The Labute approximate surface area is 121 Å². The first kappa shape index (κ1) is 14.9. The van der Waals surface area contributed by atoms with E-state index in [0.29, 0.717) is 11.8 Å². The van der Waals surface area contributed by atoms with Crippen molar-refractivity contribution in [3.05, 3.63) is 39.9 Å². The van der Waals surface area contributed by atoms with Gasteiger partial charge in [-0.15, -0.1) is 5.10 Å². The van der Waals surface area contributed by atoms with Crippen LogP contribution < -0.4 is 5.32 Å². The van der Waals surface area contributed by atoms with Crippen LogP contribution in [0.5, 0.6) is 0 Å². The molecule has 2 rings (SSSR count). The molecule has 0 spiro atoms. The first-order valence-corrected chi connectivity index (χ1v) is 6.32. The molecular weight excluding hydrogens is 305 g/mol. The first-order valence-electron chi connectivity index (χ1n) is 5.54. The molecule has 0 aliphatic rings. The van der Waals surface area contributed by atoms with Crippen LogP contribution in [0.25, 0.3) is 0 Å². The maximum atomic E-state index is 12.6. The van der Waals surface area contributed by atoms with Gasteiger partial charge >= 0.3 is 6.18 Å². The van der Waals surface area contributed by atoms with E-state index in [4.69, 9.17) is 5.26 Å². The van der Waals surface area contributed by atoms with Crippen molar-refractivity contribution in [2.24, 2.45) is 0 Å². The number of halogens is 3. The quantitative estimate of drug-likeness (QED) is 0.924. The van der Waals surface area contributed by atoms with Gasteiger partial charge in [-0.1, -0.05) is 4.49 Å². The Balaban J connectivity index is 2.31. The lowest BCUT2D eigenvalue weighted by Crippen LogP contribution is -2.13. The van der Waals surface area contributed by atoms with Gasteiger partial charge in [0.25, 0.3) is 5.91 Å². The smallest absolute Gasteiger partial charge is 0.320 e. The highest BCUT2D eigenvalue weighted by molar-refractivity contribution is 7.08. The maximum absolute atomic E-state index is 12.6. The SMILES string of the molecule is Cc1nnsc1C(=O)Nc1ccc(C(F)(F)F)cc1C#N. The molecule has 0 atom stereocenters. The normalized spacial score (nSPS) is 11.0. The minimum absolute atomic E-state index is 0.00306. The molecule has 0 fully saturated rings. The van der Waals surface area contributed by atoms with Crippen LogP contribution in [0.4, 0.5) is 18.9 Å². The minimum atomic E-state index is -4.55. The predicted molar refractivity (Wildman–Crippen MR) is 68.8 cm³/mol. The molecule has 0 aliphatic carbocycles. The Hall–Kier alpha value is -2.47. The van der Waals surface area contributed by atoms with E-state index in [1.165, 1.54) is 0 Å². The van der Waals surface area contributed by atoms with E-state index in [2.05, 4.69) is 14.9 Å². The van der Waals surface area contributed by atoms with Gasteiger partial charge in [-0.25, -0.2) is 0 Å². The number of hydrogen-bond acceptors (Lipinski definition) is 5. The molecule has 0 unspecified atom stereocenters. The van der Waals surface area contributed by atoms with Crippen molar-refractivity contribution in [2.75, 3.05) is 5.32 Å². The van der Waals surface area contributed by atoms with Crippen LogP contribution >= 0.6 is 11.5 Å². The second kappa shape index (κ2) is 5.49. The van der Waals surface area contributed by atoms with Crippen molar-refractivity contribution >= 4 is 23.1 Å². The number of carbonyl (C=O) groups is 1. The molecule has 21 heavy (non-hydrogen) atoms. The van der Waals surface area contributed by atoms with Crippen LogP contribution in [0, 0.1) is 18.3 Å². The van der Waals surface area contributed by atoms with E-state index in [-0.39, 0.29) is 16.1 Å². The van der Waals surface area contributed by atoms with E-state index in [9.17, 15) is 18.0 Å². The molecule has 0 saturated heterocycles. The Morgan fingerprint density at radius 2 is 2.14 bits per heavy atom. The molecule has 9 heteroatoms. The number of nitrogens with one attached hydrogen (secondary N) is 1. The van der Waals surface area contributed by atoms with Crippen LogP contribution in [0.3, 0.4) is 0 Å². The summed E-state index contributed by atoms with van der Waals surface area (Å²) in [6, 6.07) is 4.16. The Morgan fingerprint density at radius 3 is 2.67 bits per heavy atom. The lowest BCUT2D eigenvalue weighted by Gasteiger charge is -2.10.